The molecule has 0 bridgehead atoms. The smallest absolute Gasteiger partial charge is 0.191 e. The molecule has 120 valence electrons. The molecule has 2 aliphatic heterocycles. The molecule has 22 heavy (non-hydrogen) atoms. The van der Waals surface area contributed by atoms with E-state index in [4.69, 9.17) is 0 Å². The summed E-state index contributed by atoms with van der Waals surface area (Å²) in [6.07, 6.45) is 2.61. The molecule has 3 rings (SSSR count). The van der Waals surface area contributed by atoms with Crippen molar-refractivity contribution in [2.75, 3.05) is 26.2 Å². The van der Waals surface area contributed by atoms with Crippen LogP contribution in [0.2, 0.25) is 0 Å². The van der Waals surface area contributed by atoms with Gasteiger partial charge in [-0.3, -0.25) is 9.89 Å². The molecule has 2 N–H and O–H groups in total. The lowest BCUT2D eigenvalue weighted by Gasteiger charge is -2.37. The number of aliphatic imine (C=N–C) groups is 1. The lowest BCUT2D eigenvalue weighted by molar-refractivity contribution is 0.138. The normalized spacial score (nSPS) is 24.6. The fraction of sp³-hybridized carbons (Fsp3) is 0.611. The van der Waals surface area contributed by atoms with E-state index in [9.17, 15) is 0 Å². The second kappa shape index (κ2) is 7.14. The summed E-state index contributed by atoms with van der Waals surface area (Å²) in [4.78, 5) is 7.14. The fourth-order valence-corrected chi connectivity index (χ4v) is 3.33. The zero-order valence-corrected chi connectivity index (χ0v) is 13.8. The lowest BCUT2D eigenvalue weighted by atomic mass is 9.95. The number of hydrogen-bond donors (Lipinski definition) is 2. The first-order chi connectivity index (χ1) is 10.7. The van der Waals surface area contributed by atoms with Crippen LogP contribution in [0.1, 0.15) is 38.3 Å². The molecule has 2 atom stereocenters. The summed E-state index contributed by atoms with van der Waals surface area (Å²) in [5, 5.41) is 6.91. The van der Waals surface area contributed by atoms with Crippen molar-refractivity contribution in [3.63, 3.8) is 0 Å². The number of nitrogens with zero attached hydrogens (tertiary/aromatic N) is 2. The van der Waals surface area contributed by atoms with Gasteiger partial charge in [-0.2, -0.15) is 0 Å². The van der Waals surface area contributed by atoms with E-state index in [2.05, 4.69) is 64.7 Å². The van der Waals surface area contributed by atoms with E-state index in [0.717, 1.165) is 25.0 Å². The maximum absolute atomic E-state index is 4.52. The van der Waals surface area contributed by atoms with Crippen molar-refractivity contribution in [1.82, 2.24) is 15.5 Å². The summed E-state index contributed by atoms with van der Waals surface area (Å²) in [6, 6.07) is 11.7. The number of guanidine groups is 1. The molecule has 2 aliphatic rings. The minimum atomic E-state index is 0.425. The minimum absolute atomic E-state index is 0.425. The maximum Gasteiger partial charge on any atom is 0.191 e. The topological polar surface area (TPSA) is 39.7 Å². The third-order valence-electron chi connectivity index (χ3n) is 4.81. The van der Waals surface area contributed by atoms with Gasteiger partial charge in [-0.05, 0) is 44.3 Å². The summed E-state index contributed by atoms with van der Waals surface area (Å²) in [6.45, 7) is 8.71. The monoisotopic (exact) mass is 300 g/mol. The second-order valence-electron chi connectivity index (χ2n) is 6.76. The Morgan fingerprint density at radius 1 is 1.23 bits per heavy atom. The van der Waals surface area contributed by atoms with Crippen LogP contribution in [-0.2, 0) is 0 Å². The van der Waals surface area contributed by atoms with Crippen molar-refractivity contribution >= 4 is 5.96 Å². The van der Waals surface area contributed by atoms with Gasteiger partial charge >= 0.3 is 0 Å². The minimum Gasteiger partial charge on any atom is -0.354 e. The highest BCUT2D eigenvalue weighted by atomic mass is 15.3. The van der Waals surface area contributed by atoms with Gasteiger partial charge in [-0.25, -0.2) is 0 Å². The molecule has 0 saturated carbocycles. The first-order valence-corrected chi connectivity index (χ1v) is 8.56. The summed E-state index contributed by atoms with van der Waals surface area (Å²) in [5.41, 5.74) is 1.40. The van der Waals surface area contributed by atoms with Crippen LogP contribution in [0.3, 0.4) is 0 Å². The molecule has 1 fully saturated rings. The number of piperidine rings is 1. The number of benzene rings is 1. The van der Waals surface area contributed by atoms with Crippen LogP contribution in [0.15, 0.2) is 35.3 Å². The SMILES string of the molecule is CC1CCN(C(CNC2=NCC(C)N2)c2ccccc2)CC1. The highest BCUT2D eigenvalue weighted by molar-refractivity contribution is 5.81. The largest absolute Gasteiger partial charge is 0.354 e. The lowest BCUT2D eigenvalue weighted by Crippen LogP contribution is -2.45. The van der Waals surface area contributed by atoms with Crippen LogP contribution in [0.25, 0.3) is 0 Å². The van der Waals surface area contributed by atoms with Gasteiger partial charge in [0.1, 0.15) is 0 Å². The third kappa shape index (κ3) is 3.80. The van der Waals surface area contributed by atoms with Gasteiger partial charge in [0.05, 0.1) is 12.6 Å². The first kappa shape index (κ1) is 15.3. The molecule has 1 aromatic carbocycles. The average molecular weight is 300 g/mol. The Morgan fingerprint density at radius 3 is 2.59 bits per heavy atom. The molecule has 2 unspecified atom stereocenters. The van der Waals surface area contributed by atoms with Gasteiger partial charge < -0.3 is 10.6 Å². The van der Waals surface area contributed by atoms with Crippen molar-refractivity contribution < 1.29 is 0 Å². The Kier molecular flexibility index (Phi) is 4.98. The second-order valence-corrected chi connectivity index (χ2v) is 6.76. The Hall–Kier alpha value is -1.55. The van der Waals surface area contributed by atoms with Gasteiger partial charge in [-0.15, -0.1) is 0 Å². The molecule has 4 heteroatoms. The van der Waals surface area contributed by atoms with Gasteiger partial charge in [-0.1, -0.05) is 37.3 Å². The highest BCUT2D eigenvalue weighted by Gasteiger charge is 2.25. The summed E-state index contributed by atoms with van der Waals surface area (Å²) < 4.78 is 0. The van der Waals surface area contributed by atoms with Crippen LogP contribution < -0.4 is 10.6 Å². The number of nitrogens with one attached hydrogen (secondary N) is 2. The maximum atomic E-state index is 4.52. The van der Waals surface area contributed by atoms with Crippen molar-refractivity contribution in [2.45, 2.75) is 38.8 Å². The highest BCUT2D eigenvalue weighted by Crippen LogP contribution is 2.26. The Bertz CT molecular complexity index is 491. The summed E-state index contributed by atoms with van der Waals surface area (Å²) >= 11 is 0. The van der Waals surface area contributed by atoms with Crippen molar-refractivity contribution in [1.29, 1.82) is 0 Å². The standard InChI is InChI=1S/C18H28N4/c1-14-8-10-22(11-9-14)17(16-6-4-3-5-7-16)13-20-18-19-12-15(2)21-18/h3-7,14-15,17H,8-13H2,1-2H3,(H2,19,20,21). The van der Waals surface area contributed by atoms with Gasteiger partial charge in [0, 0.05) is 12.6 Å². The van der Waals surface area contributed by atoms with Crippen molar-refractivity contribution in [3.8, 4) is 0 Å². The van der Waals surface area contributed by atoms with E-state index >= 15 is 0 Å². The quantitative estimate of drug-likeness (QED) is 0.897. The van der Waals surface area contributed by atoms with Crippen LogP contribution >= 0.6 is 0 Å². The average Bonchev–Trinajstić information content (AvgIpc) is 2.96. The molecule has 0 radical (unpaired) electrons. The van der Waals surface area contributed by atoms with E-state index < -0.39 is 0 Å². The number of rotatable bonds is 4. The van der Waals surface area contributed by atoms with E-state index in [0.29, 0.717) is 12.1 Å². The predicted octanol–water partition coefficient (Wildman–Crippen LogP) is 2.40. The van der Waals surface area contributed by atoms with Crippen LogP contribution in [0.4, 0.5) is 0 Å². The van der Waals surface area contributed by atoms with E-state index in [1.807, 2.05) is 0 Å². The molecule has 1 saturated heterocycles. The summed E-state index contributed by atoms with van der Waals surface area (Å²) in [7, 11) is 0. The molecular weight excluding hydrogens is 272 g/mol. The van der Waals surface area contributed by atoms with Gasteiger partial charge in [0.25, 0.3) is 0 Å². The summed E-state index contributed by atoms with van der Waals surface area (Å²) in [5.74, 6) is 1.82. The Balaban J connectivity index is 1.66. The van der Waals surface area contributed by atoms with Crippen molar-refractivity contribution in [2.24, 2.45) is 10.9 Å². The number of hydrogen-bond acceptors (Lipinski definition) is 4. The van der Waals surface area contributed by atoms with E-state index in [-0.39, 0.29) is 0 Å². The Morgan fingerprint density at radius 2 is 1.95 bits per heavy atom. The van der Waals surface area contributed by atoms with E-state index in [1.165, 1.54) is 31.5 Å². The molecule has 0 aliphatic carbocycles. The first-order valence-electron chi connectivity index (χ1n) is 8.56. The molecule has 0 spiro atoms. The van der Waals surface area contributed by atoms with Crippen LogP contribution in [0, 0.1) is 5.92 Å². The van der Waals surface area contributed by atoms with Crippen molar-refractivity contribution in [3.05, 3.63) is 35.9 Å². The molecular formula is C18H28N4. The fourth-order valence-electron chi connectivity index (χ4n) is 3.33. The molecule has 2 heterocycles. The molecule has 0 amide bonds. The Labute approximate surface area is 134 Å². The predicted molar refractivity (Wildman–Crippen MR) is 92.1 cm³/mol. The molecule has 1 aromatic rings. The molecule has 0 aromatic heterocycles. The van der Waals surface area contributed by atoms with Gasteiger partial charge in [0.2, 0.25) is 0 Å². The van der Waals surface area contributed by atoms with E-state index in [1.54, 1.807) is 0 Å². The van der Waals surface area contributed by atoms with Gasteiger partial charge in [0.15, 0.2) is 5.96 Å². The zero-order chi connectivity index (χ0) is 15.4. The third-order valence-corrected chi connectivity index (χ3v) is 4.81. The zero-order valence-electron chi connectivity index (χ0n) is 13.8. The van der Waals surface area contributed by atoms with Crippen LogP contribution in [-0.4, -0.2) is 43.1 Å². The molecule has 4 nitrogen and oxygen atoms in total. The number of likely N-dealkylation sites (tertiary alicyclic amines) is 1. The van der Waals surface area contributed by atoms with Crippen LogP contribution in [0.5, 0.6) is 0 Å².